The quantitative estimate of drug-likeness (QED) is 0.288. The summed E-state index contributed by atoms with van der Waals surface area (Å²) in [7, 11) is 1.53. The molecule has 0 aliphatic carbocycles. The second-order valence-electron chi connectivity index (χ2n) is 8.63. The number of hydrogen-bond donors (Lipinski definition) is 1. The molecule has 12 heteroatoms. The predicted octanol–water partition coefficient (Wildman–Crippen LogP) is 5.49. The first-order valence-electron chi connectivity index (χ1n) is 11.6. The minimum absolute atomic E-state index is 0.231. The maximum absolute atomic E-state index is 15.0. The Morgan fingerprint density at radius 3 is 2.58 bits per heavy atom. The number of amides is 1. The summed E-state index contributed by atoms with van der Waals surface area (Å²) in [5.41, 5.74) is 3.80. The van der Waals surface area contributed by atoms with Gasteiger partial charge in [0.2, 0.25) is 5.88 Å². The molecule has 5 aromatic rings. The van der Waals surface area contributed by atoms with Gasteiger partial charge in [-0.15, -0.1) is 0 Å². The van der Waals surface area contributed by atoms with E-state index in [1.54, 1.807) is 26.0 Å². The van der Waals surface area contributed by atoms with Gasteiger partial charge in [0.15, 0.2) is 5.82 Å². The molecule has 0 fully saturated rings. The first kappa shape index (κ1) is 25.2. The highest BCUT2D eigenvalue weighted by molar-refractivity contribution is 7.21. The average molecular weight is 535 g/mol. The average Bonchev–Trinajstić information content (AvgIpc) is 3.30. The number of rotatable bonds is 7. The summed E-state index contributed by atoms with van der Waals surface area (Å²) in [6.45, 7) is 5.28. The number of aryl methyl sites for hydroxylation is 1. The van der Waals surface area contributed by atoms with E-state index in [0.717, 1.165) is 16.0 Å². The van der Waals surface area contributed by atoms with Gasteiger partial charge < -0.3 is 14.6 Å². The van der Waals surface area contributed by atoms with Crippen molar-refractivity contribution >= 4 is 44.5 Å². The maximum atomic E-state index is 15.0. The fraction of sp³-hybridized carbons (Fsp3) is 0.231. The van der Waals surface area contributed by atoms with E-state index in [-0.39, 0.29) is 5.88 Å². The number of fused-ring (bicyclic) bond motifs is 2. The lowest BCUT2D eigenvalue weighted by Crippen LogP contribution is -2.46. The standard InChI is InChI=1S/C26H23FN6O4S/c1-13-9-17(22-19(10-13)30-21(36-4)12-29-22)24-31-20-11-18(27)23(32-25(20)38-24)37-15(3)14(2)33(26(34)35)16-5-7-28-8-6-16/h5-12,14-15H,1-4H3,(H,34,35). The summed E-state index contributed by atoms with van der Waals surface area (Å²) < 4.78 is 26.1. The second-order valence-corrected chi connectivity index (χ2v) is 9.61. The Labute approximate surface area is 220 Å². The van der Waals surface area contributed by atoms with E-state index in [2.05, 4.69) is 24.9 Å². The number of hydrogen-bond acceptors (Lipinski definition) is 9. The molecule has 0 aliphatic heterocycles. The van der Waals surface area contributed by atoms with Gasteiger partial charge in [0.05, 0.1) is 36.1 Å². The Balaban J connectivity index is 1.47. The Morgan fingerprint density at radius 1 is 1.11 bits per heavy atom. The van der Waals surface area contributed by atoms with Crippen LogP contribution in [0.4, 0.5) is 14.9 Å². The lowest BCUT2D eigenvalue weighted by molar-refractivity contribution is 0.162. The zero-order chi connectivity index (χ0) is 27.0. The predicted molar refractivity (Wildman–Crippen MR) is 141 cm³/mol. The molecular formula is C26H23FN6O4S. The fourth-order valence-electron chi connectivity index (χ4n) is 4.04. The molecule has 2 atom stereocenters. The Morgan fingerprint density at radius 2 is 1.87 bits per heavy atom. The minimum Gasteiger partial charge on any atom is -0.480 e. The molecule has 4 heterocycles. The van der Waals surface area contributed by atoms with E-state index < -0.39 is 24.1 Å². The van der Waals surface area contributed by atoms with Gasteiger partial charge in [0, 0.05) is 24.0 Å². The van der Waals surface area contributed by atoms with Crippen LogP contribution in [0.15, 0.2) is 48.9 Å². The van der Waals surface area contributed by atoms with E-state index in [1.165, 1.54) is 43.1 Å². The van der Waals surface area contributed by atoms with Crippen LogP contribution >= 0.6 is 11.3 Å². The van der Waals surface area contributed by atoms with Crippen LogP contribution in [0.5, 0.6) is 11.8 Å². The van der Waals surface area contributed by atoms with Gasteiger partial charge in [-0.1, -0.05) is 11.3 Å². The molecule has 10 nitrogen and oxygen atoms in total. The first-order valence-corrected chi connectivity index (χ1v) is 12.4. The van der Waals surface area contributed by atoms with Crippen LogP contribution in [0.25, 0.3) is 32.0 Å². The van der Waals surface area contributed by atoms with Gasteiger partial charge in [-0.3, -0.25) is 9.88 Å². The summed E-state index contributed by atoms with van der Waals surface area (Å²) in [5.74, 6) is -0.527. The molecule has 0 aliphatic rings. The molecule has 4 aromatic heterocycles. The van der Waals surface area contributed by atoms with Gasteiger partial charge in [-0.05, 0) is 50.6 Å². The number of carbonyl (C=O) groups is 1. The normalized spacial score (nSPS) is 12.9. The van der Waals surface area contributed by atoms with Crippen molar-refractivity contribution < 1.29 is 23.8 Å². The Bertz CT molecular complexity index is 1650. The second kappa shape index (κ2) is 10.1. The summed E-state index contributed by atoms with van der Waals surface area (Å²) in [5, 5.41) is 10.4. The third kappa shape index (κ3) is 4.77. The molecule has 0 spiro atoms. The fourth-order valence-corrected chi connectivity index (χ4v) is 4.97. The van der Waals surface area contributed by atoms with E-state index in [1.807, 2.05) is 19.1 Å². The molecule has 1 aromatic carbocycles. The molecule has 0 bridgehead atoms. The van der Waals surface area contributed by atoms with Gasteiger partial charge in [-0.2, -0.15) is 4.98 Å². The number of pyridine rings is 2. The zero-order valence-corrected chi connectivity index (χ0v) is 21.7. The van der Waals surface area contributed by atoms with Gasteiger partial charge >= 0.3 is 6.09 Å². The summed E-state index contributed by atoms with van der Waals surface area (Å²) >= 11 is 1.27. The van der Waals surface area contributed by atoms with Crippen molar-refractivity contribution in [2.45, 2.75) is 32.9 Å². The SMILES string of the molecule is COc1cnc2c(-c3nc4cc(F)c(OC(C)C(C)N(C(=O)O)c5ccncc5)nc4s3)cc(C)cc2n1. The van der Waals surface area contributed by atoms with Crippen molar-refractivity contribution in [1.82, 2.24) is 24.9 Å². The van der Waals surface area contributed by atoms with Gasteiger partial charge in [0.1, 0.15) is 21.5 Å². The van der Waals surface area contributed by atoms with Crippen LogP contribution in [-0.4, -0.2) is 55.4 Å². The largest absolute Gasteiger partial charge is 0.480 e. The topological polar surface area (TPSA) is 123 Å². The van der Waals surface area contributed by atoms with Gasteiger partial charge in [0.25, 0.3) is 5.88 Å². The van der Waals surface area contributed by atoms with Crippen molar-refractivity contribution in [2.24, 2.45) is 0 Å². The molecule has 1 amide bonds. The van der Waals surface area contributed by atoms with Crippen LogP contribution < -0.4 is 14.4 Å². The third-order valence-electron chi connectivity index (χ3n) is 6.04. The number of halogens is 1. The van der Waals surface area contributed by atoms with Crippen molar-refractivity contribution in [3.05, 3.63) is 60.3 Å². The molecule has 0 saturated heterocycles. The third-order valence-corrected chi connectivity index (χ3v) is 7.04. The summed E-state index contributed by atoms with van der Waals surface area (Å²) in [6, 6.07) is 7.61. The van der Waals surface area contributed by atoms with Crippen LogP contribution in [0.2, 0.25) is 0 Å². The van der Waals surface area contributed by atoms with Crippen molar-refractivity contribution in [2.75, 3.05) is 12.0 Å². The van der Waals surface area contributed by atoms with E-state index >= 15 is 4.39 Å². The van der Waals surface area contributed by atoms with Crippen LogP contribution in [-0.2, 0) is 0 Å². The number of nitrogens with zero attached hydrogens (tertiary/aromatic N) is 6. The van der Waals surface area contributed by atoms with Crippen molar-refractivity contribution in [1.29, 1.82) is 0 Å². The van der Waals surface area contributed by atoms with Crippen LogP contribution in [0.1, 0.15) is 19.4 Å². The number of ether oxygens (including phenoxy) is 2. The molecule has 194 valence electrons. The smallest absolute Gasteiger partial charge is 0.412 e. The van der Waals surface area contributed by atoms with E-state index in [0.29, 0.717) is 38.0 Å². The maximum Gasteiger partial charge on any atom is 0.412 e. The number of benzene rings is 1. The highest BCUT2D eigenvalue weighted by Gasteiger charge is 2.28. The first-order chi connectivity index (χ1) is 18.2. The summed E-state index contributed by atoms with van der Waals surface area (Å²) in [6.07, 6.45) is 2.64. The molecule has 2 unspecified atom stereocenters. The van der Waals surface area contributed by atoms with Crippen molar-refractivity contribution in [3.63, 3.8) is 0 Å². The highest BCUT2D eigenvalue weighted by atomic mass is 32.1. The lowest BCUT2D eigenvalue weighted by Gasteiger charge is -2.30. The minimum atomic E-state index is -1.17. The molecule has 0 radical (unpaired) electrons. The Hall–Kier alpha value is -4.45. The monoisotopic (exact) mass is 534 g/mol. The zero-order valence-electron chi connectivity index (χ0n) is 20.9. The lowest BCUT2D eigenvalue weighted by atomic mass is 10.1. The van der Waals surface area contributed by atoms with Crippen LogP contribution in [0, 0.1) is 12.7 Å². The molecule has 38 heavy (non-hydrogen) atoms. The van der Waals surface area contributed by atoms with Crippen LogP contribution in [0.3, 0.4) is 0 Å². The number of methoxy groups -OCH3 is 1. The molecule has 5 rings (SSSR count). The van der Waals surface area contributed by atoms with Crippen molar-refractivity contribution in [3.8, 4) is 22.3 Å². The number of thiazole rings is 1. The van der Waals surface area contributed by atoms with E-state index in [9.17, 15) is 9.90 Å². The molecular weight excluding hydrogens is 511 g/mol. The number of aromatic nitrogens is 5. The number of carboxylic acid groups (broad SMARTS) is 1. The number of anilines is 1. The highest BCUT2D eigenvalue weighted by Crippen LogP contribution is 2.35. The molecule has 0 saturated carbocycles. The van der Waals surface area contributed by atoms with E-state index in [4.69, 9.17) is 9.47 Å². The van der Waals surface area contributed by atoms with Gasteiger partial charge in [-0.25, -0.2) is 24.1 Å². The Kier molecular flexibility index (Phi) is 6.72. The molecule has 1 N–H and O–H groups in total. The summed E-state index contributed by atoms with van der Waals surface area (Å²) in [4.78, 5) is 35.4.